The van der Waals surface area contributed by atoms with E-state index in [1.807, 2.05) is 24.3 Å². The molecule has 2 N–H and O–H groups in total. The van der Waals surface area contributed by atoms with Crippen LogP contribution in [-0.2, 0) is 47.2 Å². The van der Waals surface area contributed by atoms with Gasteiger partial charge in [-0.15, -0.1) is 21.5 Å². The van der Waals surface area contributed by atoms with Gasteiger partial charge in [0, 0.05) is 11.9 Å². The second-order valence-electron chi connectivity index (χ2n) is 9.14. The van der Waals surface area contributed by atoms with E-state index in [0.717, 1.165) is 47.4 Å². The molecule has 0 unspecified atom stereocenters. The number of nitrogens with zero attached hydrogens (tertiary/aromatic N) is 3. The lowest BCUT2D eigenvalue weighted by Gasteiger charge is -2.13. The minimum absolute atomic E-state index is 0.138. The van der Waals surface area contributed by atoms with Crippen LogP contribution in [0.25, 0.3) is 0 Å². The number of thiophene rings is 1. The Bertz CT molecular complexity index is 1340. The van der Waals surface area contributed by atoms with Crippen LogP contribution in [0.4, 0.5) is 5.00 Å². The van der Waals surface area contributed by atoms with Crippen LogP contribution in [0.2, 0.25) is 0 Å². The van der Waals surface area contributed by atoms with Gasteiger partial charge in [0.15, 0.2) is 11.0 Å². The van der Waals surface area contributed by atoms with E-state index in [1.54, 1.807) is 32.6 Å². The van der Waals surface area contributed by atoms with Crippen LogP contribution in [-0.4, -0.2) is 51.5 Å². The zero-order chi connectivity index (χ0) is 27.9. The first kappa shape index (κ1) is 28.6. The molecule has 0 bridgehead atoms. The van der Waals surface area contributed by atoms with Gasteiger partial charge in [-0.05, 0) is 62.8 Å². The summed E-state index contributed by atoms with van der Waals surface area (Å²) in [5.41, 5.74) is 2.38. The lowest BCUT2D eigenvalue weighted by molar-refractivity contribution is -0.120. The molecule has 2 amide bonds. The van der Waals surface area contributed by atoms with Crippen molar-refractivity contribution in [2.75, 3.05) is 19.0 Å². The van der Waals surface area contributed by atoms with Crippen LogP contribution in [0.1, 0.15) is 58.9 Å². The van der Waals surface area contributed by atoms with Crippen molar-refractivity contribution in [3.63, 3.8) is 0 Å². The molecule has 1 atom stereocenters. The molecule has 12 heteroatoms. The Kier molecular flexibility index (Phi) is 9.63. The maximum atomic E-state index is 13.1. The summed E-state index contributed by atoms with van der Waals surface area (Å²) in [7, 11) is 3.39. The Labute approximate surface area is 235 Å². The molecule has 1 aliphatic carbocycles. The number of nitrogens with one attached hydrogen (secondary N) is 2. The molecular formula is C27H33N5O5S2. The number of hydrogen-bond acceptors (Lipinski definition) is 9. The van der Waals surface area contributed by atoms with Crippen LogP contribution < -0.4 is 15.4 Å². The smallest absolute Gasteiger partial charge is 0.341 e. The van der Waals surface area contributed by atoms with E-state index >= 15 is 0 Å². The number of esters is 1. The fourth-order valence-electron chi connectivity index (χ4n) is 4.27. The number of rotatable bonds is 11. The van der Waals surface area contributed by atoms with Gasteiger partial charge >= 0.3 is 5.97 Å². The van der Waals surface area contributed by atoms with Gasteiger partial charge < -0.3 is 24.7 Å². The van der Waals surface area contributed by atoms with E-state index in [4.69, 9.17) is 9.47 Å². The van der Waals surface area contributed by atoms with E-state index in [9.17, 15) is 14.4 Å². The predicted octanol–water partition coefficient (Wildman–Crippen LogP) is 3.92. The second kappa shape index (κ2) is 13.1. The highest BCUT2D eigenvalue weighted by atomic mass is 32.2. The summed E-state index contributed by atoms with van der Waals surface area (Å²) in [4.78, 5) is 39.4. The molecular weight excluding hydrogens is 538 g/mol. The molecule has 0 saturated carbocycles. The first-order valence-corrected chi connectivity index (χ1v) is 14.6. The van der Waals surface area contributed by atoms with E-state index in [0.29, 0.717) is 21.5 Å². The number of thioether (sulfide) groups is 1. The van der Waals surface area contributed by atoms with Gasteiger partial charge in [0.2, 0.25) is 11.8 Å². The van der Waals surface area contributed by atoms with E-state index < -0.39 is 5.25 Å². The molecule has 0 fully saturated rings. The third kappa shape index (κ3) is 6.99. The van der Waals surface area contributed by atoms with Crippen molar-refractivity contribution in [1.29, 1.82) is 0 Å². The number of ether oxygens (including phenoxy) is 2. The molecule has 208 valence electrons. The van der Waals surface area contributed by atoms with Crippen molar-refractivity contribution in [2.24, 2.45) is 7.05 Å². The summed E-state index contributed by atoms with van der Waals surface area (Å²) in [5.74, 6) is 0.547. The number of aromatic nitrogens is 3. The highest BCUT2D eigenvalue weighted by Crippen LogP contribution is 2.39. The van der Waals surface area contributed by atoms with Gasteiger partial charge in [-0.2, -0.15) is 0 Å². The molecule has 39 heavy (non-hydrogen) atoms. The maximum absolute atomic E-state index is 13.1. The summed E-state index contributed by atoms with van der Waals surface area (Å²) in [5, 5.41) is 14.8. The summed E-state index contributed by atoms with van der Waals surface area (Å²) < 4.78 is 12.2. The number of carbonyl (C=O) groups excluding carboxylic acids is 3. The Morgan fingerprint density at radius 2 is 1.90 bits per heavy atom. The number of fused-ring (bicyclic) bond motifs is 1. The molecule has 1 aliphatic rings. The summed E-state index contributed by atoms with van der Waals surface area (Å²) >= 11 is 2.72. The molecule has 2 aromatic heterocycles. The van der Waals surface area contributed by atoms with Crippen molar-refractivity contribution < 1.29 is 23.9 Å². The standard InChI is InChI=1S/C27H33N5O5S2/c1-5-37-26(35)23-19-8-6-7-9-20(19)39-25(23)29-24(34)16(2)38-27-31-30-21(32(27)3)15-28-22(33)14-17-10-12-18(36-4)13-11-17/h10-13,16H,5-9,14-15H2,1-4H3,(H,28,33)(H,29,34)/t16-/m1/s1. The molecule has 3 aromatic rings. The monoisotopic (exact) mass is 571 g/mol. The van der Waals surface area contributed by atoms with E-state index in [-0.39, 0.29) is 37.4 Å². The van der Waals surface area contributed by atoms with Gasteiger partial charge in [0.1, 0.15) is 10.8 Å². The van der Waals surface area contributed by atoms with Crippen LogP contribution in [0, 0.1) is 0 Å². The number of anilines is 1. The van der Waals surface area contributed by atoms with Crippen molar-refractivity contribution in [1.82, 2.24) is 20.1 Å². The normalized spacial score (nSPS) is 13.3. The number of hydrogen-bond donors (Lipinski definition) is 2. The quantitative estimate of drug-likeness (QED) is 0.262. The Hall–Kier alpha value is -3.38. The first-order valence-electron chi connectivity index (χ1n) is 12.9. The third-order valence-corrected chi connectivity index (χ3v) is 8.77. The number of benzene rings is 1. The number of amides is 2. The fourth-order valence-corrected chi connectivity index (χ4v) is 6.38. The molecule has 4 rings (SSSR count). The molecule has 0 radical (unpaired) electrons. The van der Waals surface area contributed by atoms with Crippen LogP contribution in [0.5, 0.6) is 5.75 Å². The van der Waals surface area contributed by atoms with Crippen molar-refractivity contribution in [3.05, 3.63) is 51.7 Å². The molecule has 0 spiro atoms. The first-order chi connectivity index (χ1) is 18.8. The van der Waals surface area contributed by atoms with Gasteiger partial charge in [-0.25, -0.2) is 4.79 Å². The Morgan fingerprint density at radius 3 is 2.62 bits per heavy atom. The highest BCUT2D eigenvalue weighted by molar-refractivity contribution is 8.00. The summed E-state index contributed by atoms with van der Waals surface area (Å²) in [6, 6.07) is 7.33. The molecule has 1 aromatic carbocycles. The number of carbonyl (C=O) groups is 3. The average Bonchev–Trinajstić information content (AvgIpc) is 3.47. The van der Waals surface area contributed by atoms with Crippen LogP contribution in [0.3, 0.4) is 0 Å². The maximum Gasteiger partial charge on any atom is 0.341 e. The Morgan fingerprint density at radius 1 is 1.15 bits per heavy atom. The highest BCUT2D eigenvalue weighted by Gasteiger charge is 2.28. The number of aryl methyl sites for hydroxylation is 1. The lowest BCUT2D eigenvalue weighted by Crippen LogP contribution is -2.26. The van der Waals surface area contributed by atoms with Crippen molar-refractivity contribution >= 4 is 45.9 Å². The fraction of sp³-hybridized carbons (Fsp3) is 0.444. The summed E-state index contributed by atoms with van der Waals surface area (Å²) in [6.07, 6.45) is 4.06. The van der Waals surface area contributed by atoms with Gasteiger partial charge in [0.05, 0.1) is 37.5 Å². The molecule has 0 saturated heterocycles. The largest absolute Gasteiger partial charge is 0.497 e. The zero-order valence-corrected chi connectivity index (χ0v) is 24.2. The lowest BCUT2D eigenvalue weighted by atomic mass is 9.95. The second-order valence-corrected chi connectivity index (χ2v) is 11.6. The van der Waals surface area contributed by atoms with Crippen molar-refractivity contribution in [3.8, 4) is 5.75 Å². The predicted molar refractivity (Wildman–Crippen MR) is 150 cm³/mol. The minimum Gasteiger partial charge on any atom is -0.497 e. The van der Waals surface area contributed by atoms with Crippen LogP contribution >= 0.6 is 23.1 Å². The third-order valence-electron chi connectivity index (χ3n) is 6.43. The van der Waals surface area contributed by atoms with Crippen LogP contribution in [0.15, 0.2) is 29.4 Å². The van der Waals surface area contributed by atoms with Gasteiger partial charge in [0.25, 0.3) is 0 Å². The van der Waals surface area contributed by atoms with Gasteiger partial charge in [-0.1, -0.05) is 23.9 Å². The van der Waals surface area contributed by atoms with E-state index in [2.05, 4.69) is 20.8 Å². The molecule has 2 heterocycles. The number of methoxy groups -OCH3 is 1. The molecule has 10 nitrogen and oxygen atoms in total. The zero-order valence-electron chi connectivity index (χ0n) is 22.5. The Balaban J connectivity index is 1.35. The van der Waals surface area contributed by atoms with E-state index in [1.165, 1.54) is 23.1 Å². The van der Waals surface area contributed by atoms with Gasteiger partial charge in [-0.3, -0.25) is 9.59 Å². The molecule has 0 aliphatic heterocycles. The topological polar surface area (TPSA) is 124 Å². The minimum atomic E-state index is -0.500. The summed E-state index contributed by atoms with van der Waals surface area (Å²) in [6.45, 7) is 4.04. The SMILES string of the molecule is CCOC(=O)c1c(NC(=O)[C@@H](C)Sc2nnc(CNC(=O)Cc3ccc(OC)cc3)n2C)sc2c1CCCC2. The average molecular weight is 572 g/mol. The van der Waals surface area contributed by atoms with Crippen molar-refractivity contribution in [2.45, 2.75) is 62.9 Å².